The van der Waals surface area contributed by atoms with E-state index in [0.29, 0.717) is 15.7 Å². The fourth-order valence-electron chi connectivity index (χ4n) is 5.58. The van der Waals surface area contributed by atoms with E-state index < -0.39 is 6.04 Å². The number of benzene rings is 3. The molecule has 1 aromatic heterocycles. The molecule has 3 aromatic carbocycles. The van der Waals surface area contributed by atoms with E-state index in [1.807, 2.05) is 81.4 Å². The minimum atomic E-state index is -0.444. The summed E-state index contributed by atoms with van der Waals surface area (Å²) in [6.07, 6.45) is 0. The van der Waals surface area contributed by atoms with Gasteiger partial charge < -0.3 is 0 Å². The molecule has 2 aliphatic rings. The highest BCUT2D eigenvalue weighted by Crippen LogP contribution is 2.56. The minimum Gasteiger partial charge on any atom is -0.296 e. The Labute approximate surface area is 225 Å². The first-order valence-corrected chi connectivity index (χ1v) is 12.8. The molecule has 6 nitrogen and oxygen atoms in total. The van der Waals surface area contributed by atoms with Crippen molar-refractivity contribution in [3.63, 3.8) is 0 Å². The highest BCUT2D eigenvalue weighted by Gasteiger charge is 2.49. The number of aryl methyl sites for hydroxylation is 1. The number of anilines is 2. The molecule has 186 valence electrons. The molecular formula is C29H24Cl2N4O2. The molecule has 0 saturated heterocycles. The zero-order valence-corrected chi connectivity index (χ0v) is 22.3. The maximum atomic E-state index is 14.0. The largest absolute Gasteiger partial charge is 0.349 e. The van der Waals surface area contributed by atoms with Gasteiger partial charge in [-0.05, 0) is 59.9 Å². The molecule has 2 amide bonds. The molecule has 0 saturated carbocycles. The fraction of sp³-hybridized carbons (Fsp3) is 0.207. The lowest BCUT2D eigenvalue weighted by atomic mass is 9.84. The van der Waals surface area contributed by atoms with Gasteiger partial charge >= 0.3 is 6.03 Å². The predicted molar refractivity (Wildman–Crippen MR) is 147 cm³/mol. The summed E-state index contributed by atoms with van der Waals surface area (Å²) >= 11 is 13.1. The van der Waals surface area contributed by atoms with Gasteiger partial charge in [-0.3, -0.25) is 14.6 Å². The molecule has 2 aliphatic heterocycles. The second kappa shape index (κ2) is 8.47. The third-order valence-electron chi connectivity index (χ3n) is 7.22. The van der Waals surface area contributed by atoms with E-state index in [0.717, 1.165) is 39.2 Å². The highest BCUT2D eigenvalue weighted by molar-refractivity contribution is 6.35. The topological polar surface area (TPSA) is 58.4 Å². The molecule has 0 spiro atoms. The summed E-state index contributed by atoms with van der Waals surface area (Å²) < 4.78 is 1.40. The zero-order chi connectivity index (χ0) is 26.2. The quantitative estimate of drug-likeness (QED) is 0.270. The van der Waals surface area contributed by atoms with Gasteiger partial charge in [-0.15, -0.1) is 0 Å². The summed E-state index contributed by atoms with van der Waals surface area (Å²) in [6.45, 7) is 5.99. The summed E-state index contributed by atoms with van der Waals surface area (Å²) in [5.41, 5.74) is 6.75. The Balaban J connectivity index is 1.60. The number of amides is 2. The molecule has 8 heteroatoms. The number of carbonyl (C=O) groups excluding carboxylic acids is 2. The van der Waals surface area contributed by atoms with Crippen LogP contribution in [0.2, 0.25) is 10.0 Å². The van der Waals surface area contributed by atoms with Gasteiger partial charge in [0.2, 0.25) is 0 Å². The predicted octanol–water partition coefficient (Wildman–Crippen LogP) is 7.46. The molecule has 1 atom stereocenters. The lowest BCUT2D eigenvalue weighted by Crippen LogP contribution is -2.36. The Morgan fingerprint density at radius 1 is 1.05 bits per heavy atom. The third-order valence-corrected chi connectivity index (χ3v) is 7.77. The number of rotatable bonds is 2. The number of nitrogens with zero attached hydrogens (tertiary/aromatic N) is 4. The molecule has 37 heavy (non-hydrogen) atoms. The van der Waals surface area contributed by atoms with Crippen LogP contribution in [0.5, 0.6) is 0 Å². The first kappa shape index (κ1) is 23.8. The molecule has 0 radical (unpaired) electrons. The van der Waals surface area contributed by atoms with Crippen molar-refractivity contribution < 1.29 is 9.59 Å². The lowest BCUT2D eigenvalue weighted by Gasteiger charge is -2.36. The van der Waals surface area contributed by atoms with Gasteiger partial charge in [0.25, 0.3) is 5.91 Å². The van der Waals surface area contributed by atoms with Crippen molar-refractivity contribution in [3.8, 4) is 11.1 Å². The van der Waals surface area contributed by atoms with Crippen LogP contribution < -0.4 is 9.80 Å². The standard InChI is InChI=1S/C29H24Cl2N4O2/c1-15(2)25-23-24(32-35(25)29(37)33(4)18-8-6-5-7-9-18)28(36)34-26-16(3)10-13-21(31)22(26)20-14-17(30)11-12-19(20)27(23)34/h5-15,27H,1-4H3. The molecular weight excluding hydrogens is 507 g/mol. The third kappa shape index (κ3) is 3.36. The van der Waals surface area contributed by atoms with E-state index in [2.05, 4.69) is 5.10 Å². The van der Waals surface area contributed by atoms with Gasteiger partial charge in [0.1, 0.15) is 0 Å². The summed E-state index contributed by atoms with van der Waals surface area (Å²) in [6, 6.07) is 18.0. The summed E-state index contributed by atoms with van der Waals surface area (Å²) in [5.74, 6) is -0.322. The number of para-hydroxylation sites is 1. The zero-order valence-electron chi connectivity index (χ0n) is 20.8. The van der Waals surface area contributed by atoms with Crippen LogP contribution in [-0.2, 0) is 0 Å². The van der Waals surface area contributed by atoms with Gasteiger partial charge in [-0.1, -0.05) is 67.4 Å². The van der Waals surface area contributed by atoms with E-state index in [-0.39, 0.29) is 23.6 Å². The first-order valence-electron chi connectivity index (χ1n) is 12.1. The molecule has 0 fully saturated rings. The number of fused-ring (bicyclic) bond motifs is 8. The van der Waals surface area contributed by atoms with Gasteiger partial charge in [0.05, 0.1) is 22.4 Å². The van der Waals surface area contributed by atoms with E-state index in [9.17, 15) is 9.59 Å². The van der Waals surface area contributed by atoms with Crippen LogP contribution in [0.3, 0.4) is 0 Å². The molecule has 0 N–H and O–H groups in total. The van der Waals surface area contributed by atoms with Crippen molar-refractivity contribution in [3.05, 3.63) is 98.8 Å². The van der Waals surface area contributed by atoms with Crippen molar-refractivity contribution >= 4 is 46.5 Å². The van der Waals surface area contributed by atoms with Crippen LogP contribution in [0.1, 0.15) is 58.7 Å². The van der Waals surface area contributed by atoms with Gasteiger partial charge in [0.15, 0.2) is 5.69 Å². The normalized spacial score (nSPS) is 15.4. The van der Waals surface area contributed by atoms with E-state index in [1.54, 1.807) is 16.8 Å². The summed E-state index contributed by atoms with van der Waals surface area (Å²) in [4.78, 5) is 31.1. The van der Waals surface area contributed by atoms with Crippen LogP contribution in [0.15, 0.2) is 60.7 Å². The summed E-state index contributed by atoms with van der Waals surface area (Å²) in [7, 11) is 1.71. The SMILES string of the molecule is Cc1ccc(Cl)c2c1N1C(=O)c3nn(C(=O)N(C)c4ccccc4)c(C(C)C)c3C1c1ccc(Cl)cc1-2. The Morgan fingerprint density at radius 2 is 1.78 bits per heavy atom. The molecule has 4 aromatic rings. The first-order chi connectivity index (χ1) is 17.7. The average Bonchev–Trinajstić information content (AvgIpc) is 3.41. The maximum Gasteiger partial charge on any atom is 0.349 e. The Bertz CT molecular complexity index is 1610. The smallest absolute Gasteiger partial charge is 0.296 e. The van der Waals surface area contributed by atoms with Gasteiger partial charge in [-0.25, -0.2) is 4.79 Å². The van der Waals surface area contributed by atoms with Crippen molar-refractivity contribution in [2.45, 2.75) is 32.7 Å². The molecule has 0 aliphatic carbocycles. The van der Waals surface area contributed by atoms with Crippen LogP contribution in [0.25, 0.3) is 11.1 Å². The van der Waals surface area contributed by atoms with Gasteiger partial charge in [-0.2, -0.15) is 9.78 Å². The van der Waals surface area contributed by atoms with Crippen molar-refractivity contribution in [2.75, 3.05) is 16.8 Å². The number of aromatic nitrogens is 2. The van der Waals surface area contributed by atoms with Gasteiger partial charge in [0, 0.05) is 28.9 Å². The average molecular weight is 531 g/mol. The number of hydrogen-bond donors (Lipinski definition) is 0. The lowest BCUT2D eigenvalue weighted by molar-refractivity contribution is 0.0988. The minimum absolute atomic E-state index is 0.0743. The maximum absolute atomic E-state index is 14.0. The van der Waals surface area contributed by atoms with Crippen LogP contribution in [0, 0.1) is 6.92 Å². The second-order valence-electron chi connectivity index (χ2n) is 9.79. The van der Waals surface area contributed by atoms with Crippen LogP contribution >= 0.6 is 23.2 Å². The number of carbonyl (C=O) groups is 2. The fourth-order valence-corrected chi connectivity index (χ4v) is 6.01. The van der Waals surface area contributed by atoms with E-state index in [1.165, 1.54) is 4.68 Å². The second-order valence-corrected chi connectivity index (χ2v) is 10.6. The number of halogens is 2. The highest BCUT2D eigenvalue weighted by atomic mass is 35.5. The number of hydrogen-bond acceptors (Lipinski definition) is 3. The Morgan fingerprint density at radius 3 is 2.49 bits per heavy atom. The molecule has 0 bridgehead atoms. The van der Waals surface area contributed by atoms with Crippen molar-refractivity contribution in [2.24, 2.45) is 0 Å². The molecule has 1 unspecified atom stereocenters. The monoisotopic (exact) mass is 530 g/mol. The van der Waals surface area contributed by atoms with Crippen molar-refractivity contribution in [1.29, 1.82) is 0 Å². The molecule has 3 heterocycles. The summed E-state index contributed by atoms with van der Waals surface area (Å²) in [5, 5.41) is 5.79. The van der Waals surface area contributed by atoms with Crippen LogP contribution in [0.4, 0.5) is 16.2 Å². The van der Waals surface area contributed by atoms with E-state index in [4.69, 9.17) is 23.2 Å². The van der Waals surface area contributed by atoms with Crippen LogP contribution in [-0.4, -0.2) is 28.8 Å². The van der Waals surface area contributed by atoms with Crippen molar-refractivity contribution in [1.82, 2.24) is 9.78 Å². The molecule has 6 rings (SSSR count). The Hall–Kier alpha value is -3.61. The van der Waals surface area contributed by atoms with E-state index >= 15 is 0 Å². The Kier molecular flexibility index (Phi) is 5.44.